The van der Waals surface area contributed by atoms with E-state index in [4.69, 9.17) is 9.47 Å². The molecule has 2 fully saturated rings. The molecule has 31 heavy (non-hydrogen) atoms. The lowest BCUT2D eigenvalue weighted by Gasteiger charge is -2.38. The molecule has 1 saturated heterocycles. The van der Waals surface area contributed by atoms with E-state index in [-0.39, 0.29) is 36.5 Å². The fourth-order valence-corrected chi connectivity index (χ4v) is 3.92. The monoisotopic (exact) mass is 439 g/mol. The number of aliphatic hydroxyl groups is 4. The van der Waals surface area contributed by atoms with Gasteiger partial charge in [-0.2, -0.15) is 0 Å². The molecule has 0 aromatic heterocycles. The molecular formula is C21H29NO9. The Kier molecular flexibility index (Phi) is 7.50. The van der Waals surface area contributed by atoms with Crippen LogP contribution in [-0.2, 0) is 20.7 Å². The number of benzene rings is 1. The number of nitrogens with one attached hydrogen (secondary N) is 1. The minimum absolute atomic E-state index is 0.0181. The van der Waals surface area contributed by atoms with E-state index in [0.29, 0.717) is 18.5 Å². The topological polar surface area (TPSA) is 166 Å². The lowest BCUT2D eigenvalue weighted by atomic mass is 9.97. The van der Waals surface area contributed by atoms with E-state index in [1.807, 2.05) is 6.07 Å². The second-order valence-electron chi connectivity index (χ2n) is 7.91. The number of hydrogen-bond acceptors (Lipinski definition) is 8. The van der Waals surface area contributed by atoms with Gasteiger partial charge in [0.2, 0.25) is 12.2 Å². The zero-order valence-corrected chi connectivity index (χ0v) is 17.2. The third kappa shape index (κ3) is 5.16. The molecule has 6 N–H and O–H groups in total. The molecule has 1 aromatic rings. The van der Waals surface area contributed by atoms with E-state index in [1.165, 1.54) is 0 Å². The fourth-order valence-electron chi connectivity index (χ4n) is 3.92. The van der Waals surface area contributed by atoms with Gasteiger partial charge in [-0.3, -0.25) is 4.79 Å². The summed E-state index contributed by atoms with van der Waals surface area (Å²) in [7, 11) is 0. The van der Waals surface area contributed by atoms with E-state index in [0.717, 1.165) is 12.0 Å². The number of aliphatic hydroxyl groups excluding tert-OH is 4. The largest absolute Gasteiger partial charge is 0.479 e. The lowest BCUT2D eigenvalue weighted by molar-refractivity contribution is -0.271. The number of carboxylic acid groups (broad SMARTS) is 1. The van der Waals surface area contributed by atoms with Gasteiger partial charge < -0.3 is 40.3 Å². The number of ether oxygens (including phenoxy) is 2. The molecule has 0 unspecified atom stereocenters. The number of hydrogen-bond donors (Lipinski definition) is 6. The second-order valence-corrected chi connectivity index (χ2v) is 7.91. The third-order valence-electron chi connectivity index (χ3n) is 5.79. The van der Waals surface area contributed by atoms with Crippen molar-refractivity contribution in [3.63, 3.8) is 0 Å². The Morgan fingerprint density at radius 3 is 2.58 bits per heavy atom. The Hall–Kier alpha value is -2.24. The van der Waals surface area contributed by atoms with Gasteiger partial charge in [-0.15, -0.1) is 0 Å². The zero-order valence-electron chi connectivity index (χ0n) is 17.2. The molecule has 2 aliphatic rings. The normalized spacial score (nSPS) is 32.4. The minimum Gasteiger partial charge on any atom is -0.479 e. The van der Waals surface area contributed by atoms with Crippen LogP contribution in [0.3, 0.4) is 0 Å². The van der Waals surface area contributed by atoms with Crippen molar-refractivity contribution in [2.75, 3.05) is 13.2 Å². The van der Waals surface area contributed by atoms with Crippen LogP contribution < -0.4 is 10.1 Å². The Morgan fingerprint density at radius 1 is 1.19 bits per heavy atom. The molecule has 0 spiro atoms. The Labute approximate surface area is 179 Å². The zero-order chi connectivity index (χ0) is 22.7. The van der Waals surface area contributed by atoms with Gasteiger partial charge in [0.15, 0.2) is 6.10 Å². The highest BCUT2D eigenvalue weighted by molar-refractivity contribution is 5.75. The molecule has 1 aliphatic carbocycles. The third-order valence-corrected chi connectivity index (χ3v) is 5.79. The number of carboxylic acids is 1. The van der Waals surface area contributed by atoms with Gasteiger partial charge in [-0.1, -0.05) is 19.1 Å². The van der Waals surface area contributed by atoms with E-state index >= 15 is 0 Å². The highest BCUT2D eigenvalue weighted by atomic mass is 16.7. The molecule has 1 aromatic carbocycles. The van der Waals surface area contributed by atoms with E-state index < -0.39 is 36.7 Å². The molecule has 1 heterocycles. The highest BCUT2D eigenvalue weighted by Crippen LogP contribution is 2.49. The van der Waals surface area contributed by atoms with Crippen molar-refractivity contribution < 1.29 is 44.6 Å². The van der Waals surface area contributed by atoms with Crippen LogP contribution in [0.1, 0.15) is 36.8 Å². The lowest BCUT2D eigenvalue weighted by Crippen LogP contribution is -2.61. The van der Waals surface area contributed by atoms with Crippen LogP contribution in [0.25, 0.3) is 0 Å². The van der Waals surface area contributed by atoms with Crippen molar-refractivity contribution >= 4 is 11.9 Å². The molecule has 1 amide bonds. The molecule has 7 atom stereocenters. The van der Waals surface area contributed by atoms with Gasteiger partial charge in [-0.25, -0.2) is 4.79 Å². The average Bonchev–Trinajstić information content (AvgIpc) is 3.52. The summed E-state index contributed by atoms with van der Waals surface area (Å²) < 4.78 is 10.9. The summed E-state index contributed by atoms with van der Waals surface area (Å²) in [4.78, 5) is 22.8. The van der Waals surface area contributed by atoms with Crippen LogP contribution in [-0.4, -0.2) is 81.3 Å². The molecule has 172 valence electrons. The van der Waals surface area contributed by atoms with Crippen LogP contribution in [0.4, 0.5) is 0 Å². The number of rotatable bonds is 9. The number of carbonyl (C=O) groups excluding carboxylic acids is 1. The number of aliphatic carboxylic acids is 1. The molecule has 10 heteroatoms. The van der Waals surface area contributed by atoms with Gasteiger partial charge in [0.05, 0.1) is 0 Å². The standard InChI is InChI=1S/C21H29NO9/c1-2-15(24)22-9-10-8-13(10)11-4-3-5-14(12(11)6-7-23)30-21-18(27)16(25)17(26)19(31-21)20(28)29/h3-5,10,13,16-19,21,23,25-27H,2,6-9H2,1H3,(H,22,24)(H,28,29)/t10-,13+,16-,17-,18+,19-,21+/m0/s1. The van der Waals surface area contributed by atoms with Crippen LogP contribution >= 0.6 is 0 Å². The predicted octanol–water partition coefficient (Wildman–Crippen LogP) is -0.878. The summed E-state index contributed by atoms with van der Waals surface area (Å²) in [5, 5.41) is 51.7. The van der Waals surface area contributed by atoms with Gasteiger partial charge in [0.25, 0.3) is 0 Å². The Bertz CT molecular complexity index is 801. The predicted molar refractivity (Wildman–Crippen MR) is 106 cm³/mol. The molecule has 1 saturated carbocycles. The fraction of sp³-hybridized carbons (Fsp3) is 0.619. The summed E-state index contributed by atoms with van der Waals surface area (Å²) in [6.45, 7) is 2.17. The van der Waals surface area contributed by atoms with Crippen LogP contribution in [0.5, 0.6) is 5.75 Å². The van der Waals surface area contributed by atoms with Gasteiger partial charge >= 0.3 is 5.97 Å². The maximum Gasteiger partial charge on any atom is 0.335 e. The Balaban J connectivity index is 1.78. The quantitative estimate of drug-likeness (QED) is 0.286. The van der Waals surface area contributed by atoms with Crippen LogP contribution in [0.15, 0.2) is 18.2 Å². The van der Waals surface area contributed by atoms with E-state index in [9.17, 15) is 35.1 Å². The first-order valence-corrected chi connectivity index (χ1v) is 10.4. The first kappa shape index (κ1) is 23.4. The average molecular weight is 439 g/mol. The van der Waals surface area contributed by atoms with Crippen molar-refractivity contribution in [2.45, 2.75) is 62.8 Å². The summed E-state index contributed by atoms with van der Waals surface area (Å²) in [5.74, 6) is -0.805. The van der Waals surface area contributed by atoms with Crippen molar-refractivity contribution in [1.82, 2.24) is 5.32 Å². The maximum absolute atomic E-state index is 11.5. The van der Waals surface area contributed by atoms with Gasteiger partial charge in [-0.05, 0) is 36.3 Å². The molecular weight excluding hydrogens is 410 g/mol. The molecule has 0 bridgehead atoms. The summed E-state index contributed by atoms with van der Waals surface area (Å²) >= 11 is 0. The van der Waals surface area contributed by atoms with Crippen LogP contribution in [0, 0.1) is 5.92 Å². The maximum atomic E-state index is 11.5. The van der Waals surface area contributed by atoms with E-state index in [2.05, 4.69) is 5.32 Å². The number of amides is 1. The van der Waals surface area contributed by atoms with Crippen molar-refractivity contribution in [1.29, 1.82) is 0 Å². The molecule has 0 radical (unpaired) electrons. The van der Waals surface area contributed by atoms with Gasteiger partial charge in [0.1, 0.15) is 24.1 Å². The van der Waals surface area contributed by atoms with E-state index in [1.54, 1.807) is 19.1 Å². The summed E-state index contributed by atoms with van der Waals surface area (Å²) in [6, 6.07) is 5.25. The van der Waals surface area contributed by atoms with Crippen molar-refractivity contribution in [3.05, 3.63) is 29.3 Å². The first-order valence-electron chi connectivity index (χ1n) is 10.4. The van der Waals surface area contributed by atoms with Crippen molar-refractivity contribution in [2.24, 2.45) is 5.92 Å². The molecule has 3 rings (SSSR count). The van der Waals surface area contributed by atoms with Crippen LogP contribution in [0.2, 0.25) is 0 Å². The smallest absolute Gasteiger partial charge is 0.335 e. The minimum atomic E-state index is -1.80. The number of carbonyl (C=O) groups is 2. The van der Waals surface area contributed by atoms with Crippen molar-refractivity contribution in [3.8, 4) is 5.75 Å². The molecule has 1 aliphatic heterocycles. The SMILES string of the molecule is CCC(=O)NC[C@@H]1C[C@H]1c1cccc(O[C@@H]2O[C@H](C(=O)O)[C@@H](O)[C@H](O)[C@H]2O)c1CCO. The Morgan fingerprint density at radius 2 is 1.94 bits per heavy atom. The second kappa shape index (κ2) is 9.92. The highest BCUT2D eigenvalue weighted by Gasteiger charge is 2.48. The summed E-state index contributed by atoms with van der Waals surface area (Å²) in [5.41, 5.74) is 1.62. The van der Waals surface area contributed by atoms with Gasteiger partial charge in [0, 0.05) is 25.1 Å². The summed E-state index contributed by atoms with van der Waals surface area (Å²) in [6.07, 6.45) is -6.99. The first-order chi connectivity index (χ1) is 14.8. The molecule has 10 nitrogen and oxygen atoms in total.